The van der Waals surface area contributed by atoms with Gasteiger partial charge in [0.15, 0.2) is 5.92 Å². The minimum atomic E-state index is -6.76. The molecule has 0 aliphatic rings. The first-order valence-electron chi connectivity index (χ1n) is 5.30. The molecule has 23 heavy (non-hydrogen) atoms. The predicted octanol–water partition coefficient (Wildman–Crippen LogP) is 4.69. The van der Waals surface area contributed by atoms with Gasteiger partial charge in [-0.25, -0.2) is 4.99 Å². The molecule has 0 aliphatic carbocycles. The highest BCUT2D eigenvalue weighted by molar-refractivity contribution is 7.80. The summed E-state index contributed by atoms with van der Waals surface area (Å²) in [5.41, 5.74) is -3.55. The lowest BCUT2D eigenvalue weighted by atomic mass is 9.96. The van der Waals surface area contributed by atoms with E-state index in [1.807, 2.05) is 4.99 Å². The van der Waals surface area contributed by atoms with Crippen molar-refractivity contribution in [3.63, 3.8) is 0 Å². The highest BCUT2D eigenvalue weighted by atomic mass is 32.1. The number of hydrogen-bond acceptors (Lipinski definition) is 2. The second kappa shape index (κ2) is 6.73. The summed E-state index contributed by atoms with van der Waals surface area (Å²) in [5.74, 6) is -11.7. The van der Waals surface area contributed by atoms with Crippen LogP contribution in [0.2, 0.25) is 0 Å². The van der Waals surface area contributed by atoms with Crippen molar-refractivity contribution >= 4 is 23.1 Å². The molecular formula is C9H6F11NOS. The van der Waals surface area contributed by atoms with Crippen LogP contribution in [0.1, 0.15) is 6.92 Å². The van der Waals surface area contributed by atoms with Crippen molar-refractivity contribution in [2.24, 2.45) is 10.9 Å². The van der Waals surface area contributed by atoms with Crippen molar-refractivity contribution in [1.29, 1.82) is 0 Å². The lowest BCUT2D eigenvalue weighted by Crippen LogP contribution is -2.55. The molecule has 0 atom stereocenters. The summed E-state index contributed by atoms with van der Waals surface area (Å²) in [6.07, 6.45) is -19.8. The average Bonchev–Trinajstić information content (AvgIpc) is 2.22. The van der Waals surface area contributed by atoms with E-state index < -0.39 is 47.9 Å². The van der Waals surface area contributed by atoms with Crippen molar-refractivity contribution in [3.05, 3.63) is 0 Å². The van der Waals surface area contributed by atoms with Crippen LogP contribution >= 0.6 is 12.2 Å². The summed E-state index contributed by atoms with van der Waals surface area (Å²) in [6, 6.07) is 0. The summed E-state index contributed by atoms with van der Waals surface area (Å²) < 4.78 is 142. The number of ether oxygens (including phenoxy) is 1. The van der Waals surface area contributed by atoms with Gasteiger partial charge < -0.3 is 4.74 Å². The third-order valence-electron chi connectivity index (χ3n) is 2.09. The fraction of sp³-hybridized carbons (Fsp3) is 0.778. The lowest BCUT2D eigenvalue weighted by molar-refractivity contribution is -0.280. The summed E-state index contributed by atoms with van der Waals surface area (Å²) in [5, 5.41) is -1.62. The topological polar surface area (TPSA) is 21.6 Å². The van der Waals surface area contributed by atoms with Gasteiger partial charge in [0.2, 0.25) is 0 Å². The molecule has 2 nitrogen and oxygen atoms in total. The number of rotatable bonds is 3. The van der Waals surface area contributed by atoms with E-state index >= 15 is 0 Å². The van der Waals surface area contributed by atoms with E-state index in [-0.39, 0.29) is 0 Å². The molecule has 0 rings (SSSR count). The van der Waals surface area contributed by atoms with Gasteiger partial charge in [-0.3, -0.25) is 0 Å². The van der Waals surface area contributed by atoms with Crippen LogP contribution in [0.25, 0.3) is 0 Å². The van der Waals surface area contributed by atoms with Crippen LogP contribution in [-0.4, -0.2) is 41.9 Å². The molecule has 0 amide bonds. The van der Waals surface area contributed by atoms with Crippen LogP contribution in [0.3, 0.4) is 0 Å². The Morgan fingerprint density at radius 1 is 0.913 bits per heavy atom. The first-order chi connectivity index (χ1) is 9.96. The monoisotopic (exact) mass is 385 g/mol. The van der Waals surface area contributed by atoms with Crippen LogP contribution in [0, 0.1) is 5.92 Å². The molecule has 0 saturated heterocycles. The Balaban J connectivity index is 6.41. The predicted molar refractivity (Wildman–Crippen MR) is 58.3 cm³/mol. The Hall–Kier alpha value is -1.21. The number of aliphatic imine (C=N–C) groups is 1. The third kappa shape index (κ3) is 5.42. The Morgan fingerprint density at radius 3 is 1.57 bits per heavy atom. The molecule has 0 unspecified atom stereocenters. The summed E-state index contributed by atoms with van der Waals surface area (Å²) >= 11 is 3.94. The van der Waals surface area contributed by atoms with Crippen molar-refractivity contribution < 1.29 is 53.0 Å². The van der Waals surface area contributed by atoms with Crippen LogP contribution in [0.5, 0.6) is 0 Å². The van der Waals surface area contributed by atoms with E-state index in [4.69, 9.17) is 0 Å². The smallest absolute Gasteiger partial charge is 0.459 e. The molecule has 0 heterocycles. The Labute approximate surface area is 126 Å². The van der Waals surface area contributed by atoms with Crippen LogP contribution in [0.15, 0.2) is 4.99 Å². The fourth-order valence-electron chi connectivity index (χ4n) is 1.21. The maximum absolute atomic E-state index is 13.1. The number of halogens is 11. The average molecular weight is 385 g/mol. The first-order valence-corrected chi connectivity index (χ1v) is 5.70. The van der Waals surface area contributed by atoms with Gasteiger partial charge in [0, 0.05) is 0 Å². The molecule has 0 fully saturated rings. The van der Waals surface area contributed by atoms with Crippen molar-refractivity contribution in [2.75, 3.05) is 6.61 Å². The second-order valence-electron chi connectivity index (χ2n) is 3.78. The molecule has 0 aromatic carbocycles. The molecule has 14 heteroatoms. The zero-order valence-corrected chi connectivity index (χ0v) is 11.5. The van der Waals surface area contributed by atoms with Gasteiger partial charge >= 0.3 is 24.5 Å². The van der Waals surface area contributed by atoms with Crippen LogP contribution in [-0.2, 0) is 4.74 Å². The largest absolute Gasteiger partial charge is 0.470 e. The van der Waals surface area contributed by atoms with E-state index in [0.717, 1.165) is 6.92 Å². The van der Waals surface area contributed by atoms with Gasteiger partial charge in [-0.1, -0.05) is 0 Å². The molecule has 0 aliphatic heterocycles. The Bertz CT molecular complexity index is 448. The number of thiocarbonyl (C=S) groups is 1. The Kier molecular flexibility index (Phi) is 6.37. The van der Waals surface area contributed by atoms with Gasteiger partial charge in [-0.15, -0.1) is 0 Å². The van der Waals surface area contributed by atoms with E-state index in [9.17, 15) is 48.3 Å². The minimum Gasteiger partial charge on any atom is -0.470 e. The molecule has 0 bridgehead atoms. The number of hydrogen-bond donors (Lipinski definition) is 0. The molecule has 0 aromatic heterocycles. The van der Waals surface area contributed by atoms with Gasteiger partial charge in [0.25, 0.3) is 5.17 Å². The first kappa shape index (κ1) is 21.8. The molecule has 0 N–H and O–H groups in total. The minimum absolute atomic E-state index is 0.532. The zero-order chi connectivity index (χ0) is 18.9. The quantitative estimate of drug-likeness (QED) is 0.400. The maximum atomic E-state index is 13.1. The van der Waals surface area contributed by atoms with Gasteiger partial charge in [0.1, 0.15) is 5.71 Å². The van der Waals surface area contributed by atoms with Crippen molar-refractivity contribution in [3.8, 4) is 0 Å². The molecule has 136 valence electrons. The highest BCUT2D eigenvalue weighted by Gasteiger charge is 2.71. The van der Waals surface area contributed by atoms with Gasteiger partial charge in [-0.05, 0) is 19.1 Å². The number of alkyl halides is 11. The van der Waals surface area contributed by atoms with E-state index in [1.165, 1.54) is 0 Å². The standard InChI is InChI=1S/C9H6F11NOS/c1-2-22-5(23)21-4(6(10,11)9(18,19)20)3(7(12,13)14)8(15,16)17/h3H,2H2,1H3/b21-4-. The number of nitrogens with zero attached hydrogens (tertiary/aromatic N) is 1. The van der Waals surface area contributed by atoms with Crippen molar-refractivity contribution in [1.82, 2.24) is 0 Å². The lowest BCUT2D eigenvalue weighted by Gasteiger charge is -2.29. The molecular weight excluding hydrogens is 379 g/mol. The van der Waals surface area contributed by atoms with Crippen LogP contribution < -0.4 is 0 Å². The molecule has 0 radical (unpaired) electrons. The summed E-state index contributed by atoms with van der Waals surface area (Å²) in [4.78, 5) is 1.95. The second-order valence-corrected chi connectivity index (χ2v) is 4.13. The van der Waals surface area contributed by atoms with E-state index in [0.29, 0.717) is 0 Å². The van der Waals surface area contributed by atoms with Gasteiger partial charge in [-0.2, -0.15) is 48.3 Å². The van der Waals surface area contributed by atoms with E-state index in [2.05, 4.69) is 17.0 Å². The summed E-state index contributed by atoms with van der Waals surface area (Å²) in [6.45, 7) is 0.560. The highest BCUT2D eigenvalue weighted by Crippen LogP contribution is 2.47. The maximum Gasteiger partial charge on any atom is 0.459 e. The molecule has 0 spiro atoms. The summed E-state index contributed by atoms with van der Waals surface area (Å²) in [7, 11) is 0. The normalized spacial score (nSPS) is 15.1. The SMILES string of the molecule is CCOC(=S)/N=C(/C(C(F)(F)F)C(F)(F)F)C(F)(F)C(F)(F)F. The third-order valence-corrected chi connectivity index (χ3v) is 2.29. The van der Waals surface area contributed by atoms with Crippen LogP contribution in [0.4, 0.5) is 48.3 Å². The van der Waals surface area contributed by atoms with Gasteiger partial charge in [0.05, 0.1) is 6.61 Å². The molecule has 0 aromatic rings. The molecule has 0 saturated carbocycles. The Morgan fingerprint density at radius 2 is 1.30 bits per heavy atom. The van der Waals surface area contributed by atoms with E-state index in [1.54, 1.807) is 0 Å². The fourth-order valence-corrected chi connectivity index (χ4v) is 1.43. The van der Waals surface area contributed by atoms with Crippen molar-refractivity contribution in [2.45, 2.75) is 31.4 Å². The zero-order valence-electron chi connectivity index (χ0n) is 10.7.